The molecule has 0 nitrogen and oxygen atoms in total. The van der Waals surface area contributed by atoms with Gasteiger partial charge in [-0.15, -0.1) is 0 Å². The van der Waals surface area contributed by atoms with Crippen LogP contribution >= 0.6 is 0 Å². The molecule has 0 atom stereocenters. The second kappa shape index (κ2) is 24.7. The fourth-order valence-electron chi connectivity index (χ4n) is 4.58. The summed E-state index contributed by atoms with van der Waals surface area (Å²) in [7, 11) is 0. The Morgan fingerprint density at radius 1 is 0.325 bits per heavy atom. The molecule has 0 aromatic rings. The molecule has 0 rings (SSSR count). The van der Waals surface area contributed by atoms with E-state index in [-0.39, 0.29) is 0 Å². The van der Waals surface area contributed by atoms with Crippen molar-refractivity contribution < 1.29 is 0 Å². The van der Waals surface area contributed by atoms with E-state index >= 15 is 0 Å². The summed E-state index contributed by atoms with van der Waals surface area (Å²) >= 11 is 0. The van der Waals surface area contributed by atoms with Gasteiger partial charge in [0.05, 0.1) is 0 Å². The van der Waals surface area contributed by atoms with Crippen molar-refractivity contribution in [2.24, 2.45) is 0 Å². The first-order valence-corrected chi connectivity index (χ1v) is 16.1. The summed E-state index contributed by atoms with van der Waals surface area (Å²) in [5.74, 6) is 0. The monoisotopic (exact) mass is 546 g/mol. The minimum absolute atomic E-state index is 1.13. The van der Waals surface area contributed by atoms with E-state index in [0.717, 1.165) is 32.1 Å². The highest BCUT2D eigenvalue weighted by molar-refractivity contribution is 5.10. The summed E-state index contributed by atoms with van der Waals surface area (Å²) < 4.78 is 0. The normalized spacial score (nSPS) is 14.7. The zero-order valence-corrected chi connectivity index (χ0v) is 28.2. The third-order valence-corrected chi connectivity index (χ3v) is 7.63. The molecule has 0 bridgehead atoms. The molecule has 0 aromatic heterocycles. The minimum Gasteiger partial charge on any atom is -0.0856 e. The number of hydrogen-bond acceptors (Lipinski definition) is 0. The van der Waals surface area contributed by atoms with Crippen molar-refractivity contribution in [1.29, 1.82) is 0 Å². The molecule has 0 amide bonds. The highest BCUT2D eigenvalue weighted by Gasteiger charge is 1.96. The van der Waals surface area contributed by atoms with Gasteiger partial charge in [-0.05, 0) is 159 Å². The molecule has 0 heteroatoms. The van der Waals surface area contributed by atoms with Gasteiger partial charge in [-0.3, -0.25) is 0 Å². The molecular weight excluding hydrogens is 480 g/mol. The molecule has 0 fully saturated rings. The average Bonchev–Trinajstić information content (AvgIpc) is 2.88. The summed E-state index contributed by atoms with van der Waals surface area (Å²) in [4.78, 5) is 0. The SMILES string of the molecule is [CH2]/C=C(\C)CC/C=C(\C)CC/C=C(\C)CC/C=C(\C)CC/C=C(/C)CC/C=C(\C)CC/C=C(\C)CCC=C(C)C. The van der Waals surface area contributed by atoms with Crippen molar-refractivity contribution in [3.63, 3.8) is 0 Å². The van der Waals surface area contributed by atoms with Crippen LogP contribution in [0, 0.1) is 6.92 Å². The maximum Gasteiger partial charge on any atom is -0.0288 e. The van der Waals surface area contributed by atoms with Crippen molar-refractivity contribution in [2.45, 2.75) is 152 Å². The lowest BCUT2D eigenvalue weighted by Crippen LogP contribution is -1.84. The van der Waals surface area contributed by atoms with E-state index < -0.39 is 0 Å². The van der Waals surface area contributed by atoms with E-state index in [1.54, 1.807) is 0 Å². The Bertz CT molecular complexity index is 929. The lowest BCUT2D eigenvalue weighted by atomic mass is 10.0. The van der Waals surface area contributed by atoms with Gasteiger partial charge in [0.15, 0.2) is 0 Å². The number of rotatable bonds is 21. The van der Waals surface area contributed by atoms with Crippen LogP contribution in [0.4, 0.5) is 0 Å². The van der Waals surface area contributed by atoms with E-state index in [1.165, 1.54) is 102 Å². The molecule has 0 aliphatic rings. The summed E-state index contributed by atoms with van der Waals surface area (Å²) in [5.41, 5.74) is 12.0. The molecule has 0 saturated carbocycles. The maximum atomic E-state index is 3.84. The first-order valence-electron chi connectivity index (χ1n) is 16.1. The van der Waals surface area contributed by atoms with Crippen LogP contribution in [0.5, 0.6) is 0 Å². The Morgan fingerprint density at radius 3 is 0.725 bits per heavy atom. The van der Waals surface area contributed by atoms with E-state index in [4.69, 9.17) is 0 Å². The number of hydrogen-bond donors (Lipinski definition) is 0. The smallest absolute Gasteiger partial charge is 0.0288 e. The van der Waals surface area contributed by atoms with Crippen LogP contribution in [0.25, 0.3) is 0 Å². The van der Waals surface area contributed by atoms with Crippen molar-refractivity contribution in [2.75, 3.05) is 0 Å². The third kappa shape index (κ3) is 24.9. The van der Waals surface area contributed by atoms with Crippen molar-refractivity contribution in [3.8, 4) is 0 Å². The summed E-state index contributed by atoms with van der Waals surface area (Å²) in [6.45, 7) is 24.1. The predicted octanol–water partition coefficient (Wildman–Crippen LogP) is 13.9. The molecule has 40 heavy (non-hydrogen) atoms. The molecular formula is C40H65. The van der Waals surface area contributed by atoms with Gasteiger partial charge in [-0.2, -0.15) is 0 Å². The van der Waals surface area contributed by atoms with Crippen molar-refractivity contribution >= 4 is 0 Å². The zero-order valence-electron chi connectivity index (χ0n) is 28.2. The highest BCUT2D eigenvalue weighted by Crippen LogP contribution is 2.17. The number of allylic oxidation sites excluding steroid dienone is 16. The average molecular weight is 546 g/mol. The quantitative estimate of drug-likeness (QED) is 0.126. The van der Waals surface area contributed by atoms with E-state index in [2.05, 4.69) is 112 Å². The van der Waals surface area contributed by atoms with Gasteiger partial charge in [0.2, 0.25) is 0 Å². The first-order chi connectivity index (χ1) is 19.0. The Kier molecular flexibility index (Phi) is 23.4. The topological polar surface area (TPSA) is 0 Å². The van der Waals surface area contributed by atoms with Gasteiger partial charge < -0.3 is 0 Å². The van der Waals surface area contributed by atoms with Crippen LogP contribution in [-0.2, 0) is 0 Å². The molecule has 0 saturated heterocycles. The molecule has 0 aliphatic carbocycles. The van der Waals surface area contributed by atoms with Gasteiger partial charge in [-0.25, -0.2) is 0 Å². The maximum absolute atomic E-state index is 3.84. The summed E-state index contributed by atoms with van der Waals surface area (Å²) in [6.07, 6.45) is 35.3. The van der Waals surface area contributed by atoms with Crippen LogP contribution < -0.4 is 0 Å². The second-order valence-electron chi connectivity index (χ2n) is 12.4. The predicted molar refractivity (Wildman–Crippen MR) is 186 cm³/mol. The Labute approximate surface area is 251 Å². The molecule has 225 valence electrons. The van der Waals surface area contributed by atoms with Crippen molar-refractivity contribution in [3.05, 3.63) is 100 Å². The summed E-state index contributed by atoms with van der Waals surface area (Å²) in [6, 6.07) is 0. The van der Waals surface area contributed by atoms with Crippen LogP contribution in [0.3, 0.4) is 0 Å². The lowest BCUT2D eigenvalue weighted by Gasteiger charge is -2.04. The third-order valence-electron chi connectivity index (χ3n) is 7.63. The standard InChI is InChI=1S/C40H65/c1-11-34(4)20-13-22-36(6)24-15-26-38(8)28-17-30-40(10)32-18-31-39(9)29-16-27-37(7)25-14-23-35(5)21-12-19-33(2)3/h11,19,22-23,26-27,30-31H,1,12-18,20-21,24-25,28-29,32H2,2-10H3/b34-11+,35-23+,36-22+,37-27+,38-26+,39-31-,40-30+. The second-order valence-corrected chi connectivity index (χ2v) is 12.4. The van der Waals surface area contributed by atoms with E-state index in [9.17, 15) is 0 Å². The molecule has 0 heterocycles. The van der Waals surface area contributed by atoms with E-state index in [1.807, 2.05) is 6.08 Å². The van der Waals surface area contributed by atoms with Gasteiger partial charge in [-0.1, -0.05) is 93.2 Å². The molecule has 0 aliphatic heterocycles. The highest BCUT2D eigenvalue weighted by atomic mass is 14.0. The molecule has 0 aromatic carbocycles. The summed E-state index contributed by atoms with van der Waals surface area (Å²) in [5, 5.41) is 0. The lowest BCUT2D eigenvalue weighted by molar-refractivity contribution is 0.882. The van der Waals surface area contributed by atoms with Gasteiger partial charge in [0.1, 0.15) is 0 Å². The fourth-order valence-corrected chi connectivity index (χ4v) is 4.58. The van der Waals surface area contributed by atoms with Crippen LogP contribution in [0.1, 0.15) is 152 Å². The molecule has 0 spiro atoms. The molecule has 0 N–H and O–H groups in total. The van der Waals surface area contributed by atoms with Gasteiger partial charge >= 0.3 is 0 Å². The minimum atomic E-state index is 1.13. The largest absolute Gasteiger partial charge is 0.0856 e. The van der Waals surface area contributed by atoms with Crippen LogP contribution in [0.15, 0.2) is 93.2 Å². The van der Waals surface area contributed by atoms with Crippen molar-refractivity contribution in [1.82, 2.24) is 0 Å². The van der Waals surface area contributed by atoms with Gasteiger partial charge in [0, 0.05) is 0 Å². The fraction of sp³-hybridized carbons (Fsp3) is 0.575. The Morgan fingerprint density at radius 2 is 0.525 bits per heavy atom. The first kappa shape index (κ1) is 37.9. The van der Waals surface area contributed by atoms with Crippen LogP contribution in [0.2, 0.25) is 0 Å². The van der Waals surface area contributed by atoms with E-state index in [0.29, 0.717) is 0 Å². The van der Waals surface area contributed by atoms with Gasteiger partial charge in [0.25, 0.3) is 0 Å². The molecule has 0 unspecified atom stereocenters. The molecule has 1 radical (unpaired) electrons. The zero-order chi connectivity index (χ0) is 30.2. The Balaban J connectivity index is 4.17. The Hall–Kier alpha value is -2.08. The van der Waals surface area contributed by atoms with Crippen LogP contribution in [-0.4, -0.2) is 0 Å².